The second-order valence-corrected chi connectivity index (χ2v) is 10.4. The van der Waals surface area contributed by atoms with Crippen LogP contribution in [-0.4, -0.2) is 44.2 Å². The van der Waals surface area contributed by atoms with Crippen molar-refractivity contribution in [2.24, 2.45) is 0 Å². The van der Waals surface area contributed by atoms with Crippen LogP contribution in [0, 0.1) is 6.92 Å². The molecule has 7 nitrogen and oxygen atoms in total. The summed E-state index contributed by atoms with van der Waals surface area (Å²) in [6.45, 7) is 3.40. The van der Waals surface area contributed by atoms with E-state index in [4.69, 9.17) is 0 Å². The smallest absolute Gasteiger partial charge is 0.243 e. The molecule has 0 unspecified atom stereocenters. The van der Waals surface area contributed by atoms with E-state index in [1.165, 1.54) is 9.21 Å². The van der Waals surface area contributed by atoms with E-state index in [0.29, 0.717) is 44.6 Å². The number of hydrogen-bond acceptors (Lipinski definition) is 4. The summed E-state index contributed by atoms with van der Waals surface area (Å²) in [6.07, 6.45) is 3.31. The molecule has 0 bridgehead atoms. The Bertz CT molecular complexity index is 1110. The maximum atomic E-state index is 13.0. The van der Waals surface area contributed by atoms with Crippen molar-refractivity contribution in [2.45, 2.75) is 50.5 Å². The first kappa shape index (κ1) is 22.5. The van der Waals surface area contributed by atoms with Crippen molar-refractivity contribution in [3.8, 4) is 0 Å². The summed E-state index contributed by atoms with van der Waals surface area (Å²) in [5.41, 5.74) is 3.56. The van der Waals surface area contributed by atoms with Crippen LogP contribution in [0.3, 0.4) is 0 Å². The third kappa shape index (κ3) is 4.86. The fraction of sp³-hybridized carbons (Fsp3) is 0.417. The van der Waals surface area contributed by atoms with Gasteiger partial charge in [0.05, 0.1) is 4.90 Å². The minimum absolute atomic E-state index is 0.0874. The van der Waals surface area contributed by atoms with E-state index in [2.05, 4.69) is 5.32 Å². The molecule has 2 amide bonds. The zero-order valence-corrected chi connectivity index (χ0v) is 19.2. The number of rotatable bonds is 6. The second kappa shape index (κ2) is 9.42. The lowest BCUT2D eigenvalue weighted by atomic mass is 10.1. The van der Waals surface area contributed by atoms with E-state index in [1.54, 1.807) is 18.2 Å². The Labute approximate surface area is 189 Å². The minimum Gasteiger partial charge on any atom is -0.350 e. The predicted octanol–water partition coefficient (Wildman–Crippen LogP) is 2.77. The predicted molar refractivity (Wildman–Crippen MR) is 123 cm³/mol. The van der Waals surface area contributed by atoms with Crippen LogP contribution in [0.5, 0.6) is 0 Å². The lowest BCUT2D eigenvalue weighted by Gasteiger charge is -2.23. The Morgan fingerprint density at radius 1 is 1.00 bits per heavy atom. The van der Waals surface area contributed by atoms with Crippen LogP contribution in [0.15, 0.2) is 47.4 Å². The highest BCUT2D eigenvalue weighted by molar-refractivity contribution is 7.89. The van der Waals surface area contributed by atoms with E-state index in [1.807, 2.05) is 31.2 Å². The summed E-state index contributed by atoms with van der Waals surface area (Å²) in [4.78, 5) is 27.1. The normalized spacial score (nSPS) is 17.2. The highest BCUT2D eigenvalue weighted by atomic mass is 32.2. The van der Waals surface area contributed by atoms with E-state index in [9.17, 15) is 18.0 Å². The molecule has 2 aliphatic rings. The number of sulfonamides is 1. The molecule has 0 aliphatic carbocycles. The largest absolute Gasteiger partial charge is 0.350 e. The number of nitrogens with zero attached hydrogens (tertiary/aromatic N) is 2. The quantitative estimate of drug-likeness (QED) is 0.726. The molecule has 0 aromatic heterocycles. The van der Waals surface area contributed by atoms with Gasteiger partial charge in [-0.3, -0.25) is 9.59 Å². The van der Waals surface area contributed by atoms with Crippen molar-refractivity contribution >= 4 is 27.5 Å². The third-order valence-electron chi connectivity index (χ3n) is 6.09. The monoisotopic (exact) mass is 455 g/mol. The topological polar surface area (TPSA) is 86.8 Å². The molecule has 1 saturated heterocycles. The zero-order valence-electron chi connectivity index (χ0n) is 18.3. The second-order valence-electron chi connectivity index (χ2n) is 8.50. The van der Waals surface area contributed by atoms with Crippen LogP contribution in [0.4, 0.5) is 5.69 Å². The molecule has 0 radical (unpaired) electrons. The van der Waals surface area contributed by atoms with Gasteiger partial charge in [-0.2, -0.15) is 4.31 Å². The number of nitrogens with one attached hydrogen (secondary N) is 1. The Morgan fingerprint density at radius 2 is 1.72 bits per heavy atom. The molecule has 1 fully saturated rings. The van der Waals surface area contributed by atoms with Gasteiger partial charge in [0.2, 0.25) is 21.8 Å². The Kier molecular flexibility index (Phi) is 6.62. The Morgan fingerprint density at radius 3 is 2.44 bits per heavy atom. The third-order valence-corrected chi connectivity index (χ3v) is 7.99. The van der Waals surface area contributed by atoms with E-state index < -0.39 is 10.0 Å². The fourth-order valence-corrected chi connectivity index (χ4v) is 5.81. The summed E-state index contributed by atoms with van der Waals surface area (Å²) in [7, 11) is -3.53. The first-order valence-corrected chi connectivity index (χ1v) is 12.5. The van der Waals surface area contributed by atoms with Crippen molar-refractivity contribution in [3.05, 3.63) is 59.2 Å². The summed E-state index contributed by atoms with van der Waals surface area (Å²) in [6, 6.07) is 12.8. The number of anilines is 1. The summed E-state index contributed by atoms with van der Waals surface area (Å²) in [5.74, 6) is -0.370. The van der Waals surface area contributed by atoms with Gasteiger partial charge in [-0.1, -0.05) is 29.8 Å². The molecule has 1 N–H and O–H groups in total. The highest BCUT2D eigenvalue weighted by Gasteiger charge is 2.30. The molecular formula is C24H29N3O4S. The van der Waals surface area contributed by atoms with Gasteiger partial charge in [0.15, 0.2) is 0 Å². The fourth-order valence-electron chi connectivity index (χ4n) is 4.24. The molecule has 170 valence electrons. The maximum Gasteiger partial charge on any atom is 0.243 e. The number of carbonyl (C=O) groups excluding carboxylic acids is 2. The van der Waals surface area contributed by atoms with E-state index in [0.717, 1.165) is 29.5 Å². The van der Waals surface area contributed by atoms with Crippen LogP contribution in [0.2, 0.25) is 0 Å². The Hall–Kier alpha value is -2.71. The number of hydrogen-bond donors (Lipinski definition) is 1. The molecule has 0 atom stereocenters. The average molecular weight is 456 g/mol. The number of amides is 2. The van der Waals surface area contributed by atoms with Gasteiger partial charge in [-0.25, -0.2) is 8.42 Å². The van der Waals surface area contributed by atoms with Gasteiger partial charge in [0.25, 0.3) is 0 Å². The Balaban J connectivity index is 1.51. The van der Waals surface area contributed by atoms with Crippen LogP contribution >= 0.6 is 0 Å². The number of carbonyl (C=O) groups is 2. The lowest BCUT2D eigenvalue weighted by molar-refractivity contribution is -0.123. The van der Waals surface area contributed by atoms with Crippen molar-refractivity contribution in [1.29, 1.82) is 0 Å². The van der Waals surface area contributed by atoms with Crippen molar-refractivity contribution in [1.82, 2.24) is 9.62 Å². The van der Waals surface area contributed by atoms with Crippen molar-refractivity contribution in [2.75, 3.05) is 24.5 Å². The van der Waals surface area contributed by atoms with Gasteiger partial charge in [0, 0.05) is 31.7 Å². The first-order valence-electron chi connectivity index (χ1n) is 11.1. The summed E-state index contributed by atoms with van der Waals surface area (Å²) in [5, 5.41) is 2.87. The van der Waals surface area contributed by atoms with Crippen LogP contribution in [0.1, 0.15) is 42.4 Å². The molecule has 0 saturated carbocycles. The summed E-state index contributed by atoms with van der Waals surface area (Å²) < 4.78 is 27.4. The minimum atomic E-state index is -3.53. The number of fused-ring (bicyclic) bond motifs is 1. The summed E-state index contributed by atoms with van der Waals surface area (Å²) >= 11 is 0. The van der Waals surface area contributed by atoms with Gasteiger partial charge in [0.1, 0.15) is 6.54 Å². The molecule has 2 aliphatic heterocycles. The molecule has 0 spiro atoms. The molecule has 32 heavy (non-hydrogen) atoms. The maximum absolute atomic E-state index is 13.0. The standard InChI is InChI=1S/C24H29N3O4S/c1-18-7-9-19(10-8-18)16-25-23(28)17-27-22-12-11-21(15-20(22)5-4-6-24(27)29)32(30,31)26-13-2-3-14-26/h7-12,15H,2-6,13-14,16-17H2,1H3,(H,25,28). The van der Waals surface area contributed by atoms with E-state index in [-0.39, 0.29) is 23.3 Å². The van der Waals surface area contributed by atoms with E-state index >= 15 is 0 Å². The molecular weight excluding hydrogens is 426 g/mol. The average Bonchev–Trinajstić information content (AvgIpc) is 3.28. The molecule has 8 heteroatoms. The first-order chi connectivity index (χ1) is 15.3. The van der Waals surface area contributed by atoms with Gasteiger partial charge in [-0.05, 0) is 61.9 Å². The van der Waals surface area contributed by atoms with Crippen LogP contribution < -0.4 is 10.2 Å². The highest BCUT2D eigenvalue weighted by Crippen LogP contribution is 2.31. The molecule has 4 rings (SSSR count). The number of aryl methyl sites for hydroxylation is 2. The molecule has 2 aromatic rings. The van der Waals surface area contributed by atoms with Gasteiger partial charge in [-0.15, -0.1) is 0 Å². The van der Waals surface area contributed by atoms with Crippen LogP contribution in [0.25, 0.3) is 0 Å². The lowest BCUT2D eigenvalue weighted by Crippen LogP contribution is -2.40. The van der Waals surface area contributed by atoms with Crippen molar-refractivity contribution < 1.29 is 18.0 Å². The van der Waals surface area contributed by atoms with Crippen LogP contribution in [-0.2, 0) is 32.6 Å². The van der Waals surface area contributed by atoms with Gasteiger partial charge < -0.3 is 10.2 Å². The molecule has 2 heterocycles. The van der Waals surface area contributed by atoms with Crippen molar-refractivity contribution in [3.63, 3.8) is 0 Å². The number of benzene rings is 2. The van der Waals surface area contributed by atoms with Gasteiger partial charge >= 0.3 is 0 Å². The zero-order chi connectivity index (χ0) is 22.7. The SMILES string of the molecule is Cc1ccc(CNC(=O)CN2C(=O)CCCc3cc(S(=O)(=O)N4CCCC4)ccc32)cc1. The molecule has 2 aromatic carbocycles.